The molecule has 78 valence electrons. The van der Waals surface area contributed by atoms with Gasteiger partial charge in [-0.2, -0.15) is 0 Å². The van der Waals surface area contributed by atoms with Crippen LogP contribution in [0.15, 0.2) is 24.8 Å². The number of hydrogen-bond acceptors (Lipinski definition) is 3. The average Bonchev–Trinajstić information content (AvgIpc) is 2.20. The number of carboxylic acids is 1. The Morgan fingerprint density at radius 2 is 2.07 bits per heavy atom. The number of carboxylic acid groups (broad SMARTS) is 1. The number of carbonyl (C=O) groups excluding carboxylic acids is 1. The molecule has 1 rings (SSSR count). The zero-order valence-electron chi connectivity index (χ0n) is 8.28. The van der Waals surface area contributed by atoms with Crippen molar-refractivity contribution in [1.29, 1.82) is 0 Å². The Kier molecular flexibility index (Phi) is 2.90. The van der Waals surface area contributed by atoms with E-state index in [0.29, 0.717) is 11.3 Å². The van der Waals surface area contributed by atoms with E-state index in [9.17, 15) is 9.59 Å². The number of carbonyl (C=O) groups is 2. The molecule has 0 aliphatic heterocycles. The fourth-order valence-corrected chi connectivity index (χ4v) is 1.33. The van der Waals surface area contributed by atoms with E-state index in [1.807, 2.05) is 0 Å². The molecule has 1 aromatic rings. The van der Waals surface area contributed by atoms with E-state index < -0.39 is 11.8 Å². The number of rotatable bonds is 3. The van der Waals surface area contributed by atoms with Crippen LogP contribution in [-0.4, -0.2) is 16.9 Å². The van der Waals surface area contributed by atoms with E-state index in [1.54, 1.807) is 6.92 Å². The van der Waals surface area contributed by atoms with Crippen LogP contribution in [0.2, 0.25) is 0 Å². The lowest BCUT2D eigenvalue weighted by Gasteiger charge is -2.08. The minimum atomic E-state index is -1.15. The van der Waals surface area contributed by atoms with Gasteiger partial charge in [-0.15, -0.1) is 0 Å². The number of benzene rings is 1. The second-order valence-corrected chi connectivity index (χ2v) is 3.08. The molecule has 0 aromatic heterocycles. The molecule has 4 heteroatoms. The number of nitrogen functional groups attached to an aromatic ring is 1. The maximum Gasteiger partial charge on any atom is 0.336 e. The van der Waals surface area contributed by atoms with Gasteiger partial charge in [-0.05, 0) is 30.7 Å². The highest BCUT2D eigenvalue weighted by Gasteiger charge is 2.18. The van der Waals surface area contributed by atoms with Crippen LogP contribution in [0.1, 0.15) is 26.3 Å². The summed E-state index contributed by atoms with van der Waals surface area (Å²) in [5.41, 5.74) is 6.53. The summed E-state index contributed by atoms with van der Waals surface area (Å²) in [6.45, 7) is 4.93. The molecule has 0 bridgehead atoms. The van der Waals surface area contributed by atoms with E-state index in [0.717, 1.165) is 6.08 Å². The number of hydrogen-bond donors (Lipinski definition) is 2. The van der Waals surface area contributed by atoms with E-state index >= 15 is 0 Å². The molecule has 15 heavy (non-hydrogen) atoms. The van der Waals surface area contributed by atoms with Gasteiger partial charge in [0.2, 0.25) is 0 Å². The highest BCUT2D eigenvalue weighted by molar-refractivity contribution is 6.12. The first-order valence-electron chi connectivity index (χ1n) is 4.28. The summed E-state index contributed by atoms with van der Waals surface area (Å²) in [5.74, 6) is -1.58. The van der Waals surface area contributed by atoms with Gasteiger partial charge in [0.05, 0.1) is 5.56 Å². The predicted octanol–water partition coefficient (Wildman–Crippen LogP) is 1.64. The van der Waals surface area contributed by atoms with Crippen LogP contribution in [0.3, 0.4) is 0 Å². The van der Waals surface area contributed by atoms with E-state index in [2.05, 4.69) is 6.58 Å². The quantitative estimate of drug-likeness (QED) is 0.446. The minimum Gasteiger partial charge on any atom is -0.478 e. The maximum atomic E-state index is 11.5. The molecule has 0 heterocycles. The van der Waals surface area contributed by atoms with Crippen LogP contribution in [0.4, 0.5) is 5.69 Å². The number of anilines is 1. The zero-order chi connectivity index (χ0) is 11.6. The third-order valence-electron chi connectivity index (χ3n) is 2.17. The minimum absolute atomic E-state index is 0.0494. The lowest BCUT2D eigenvalue weighted by molar-refractivity contribution is 0.0693. The predicted molar refractivity (Wildman–Crippen MR) is 57.1 cm³/mol. The summed E-state index contributed by atoms with van der Waals surface area (Å²) >= 11 is 0. The van der Waals surface area contributed by atoms with Crippen LogP contribution in [0, 0.1) is 6.92 Å². The summed E-state index contributed by atoms with van der Waals surface area (Å²) in [6, 6.07) is 2.79. The van der Waals surface area contributed by atoms with Crippen LogP contribution < -0.4 is 5.73 Å². The molecule has 0 aliphatic rings. The topological polar surface area (TPSA) is 80.4 Å². The largest absolute Gasteiger partial charge is 0.478 e. The van der Waals surface area contributed by atoms with Crippen molar-refractivity contribution in [2.24, 2.45) is 0 Å². The third-order valence-corrected chi connectivity index (χ3v) is 2.17. The van der Waals surface area contributed by atoms with Crippen molar-refractivity contribution in [3.63, 3.8) is 0 Å². The van der Waals surface area contributed by atoms with Crippen molar-refractivity contribution < 1.29 is 14.7 Å². The lowest BCUT2D eigenvalue weighted by atomic mass is 9.97. The molecule has 0 unspecified atom stereocenters. The molecule has 0 radical (unpaired) electrons. The van der Waals surface area contributed by atoms with Crippen molar-refractivity contribution in [3.05, 3.63) is 41.5 Å². The maximum absolute atomic E-state index is 11.5. The fraction of sp³-hybridized carbons (Fsp3) is 0.0909. The standard InChI is InChI=1S/C11H11NO3/c1-3-9(13)10-6(2)8(12)5-4-7(10)11(14)15/h3-5H,1,12H2,2H3,(H,14,15). The summed E-state index contributed by atoms with van der Waals surface area (Å²) < 4.78 is 0. The molecule has 0 fully saturated rings. The van der Waals surface area contributed by atoms with Gasteiger partial charge in [0, 0.05) is 11.3 Å². The Morgan fingerprint density at radius 1 is 1.47 bits per heavy atom. The highest BCUT2D eigenvalue weighted by Crippen LogP contribution is 2.21. The van der Waals surface area contributed by atoms with Crippen LogP contribution in [0.5, 0.6) is 0 Å². The van der Waals surface area contributed by atoms with Gasteiger partial charge in [0.15, 0.2) is 5.78 Å². The monoisotopic (exact) mass is 205 g/mol. The van der Waals surface area contributed by atoms with Gasteiger partial charge in [-0.25, -0.2) is 4.79 Å². The second-order valence-electron chi connectivity index (χ2n) is 3.08. The average molecular weight is 205 g/mol. The van der Waals surface area contributed by atoms with Gasteiger partial charge >= 0.3 is 5.97 Å². The van der Waals surface area contributed by atoms with Crippen molar-refractivity contribution in [2.75, 3.05) is 5.73 Å². The Hall–Kier alpha value is -2.10. The number of ketones is 1. The molecule has 1 aromatic carbocycles. The first-order valence-corrected chi connectivity index (χ1v) is 4.28. The first kappa shape index (κ1) is 11.0. The van der Waals surface area contributed by atoms with Crippen LogP contribution in [-0.2, 0) is 0 Å². The van der Waals surface area contributed by atoms with Gasteiger partial charge in [0.25, 0.3) is 0 Å². The molecular formula is C11H11NO3. The van der Waals surface area contributed by atoms with E-state index in [-0.39, 0.29) is 11.1 Å². The van der Waals surface area contributed by atoms with Crippen molar-refractivity contribution >= 4 is 17.4 Å². The lowest BCUT2D eigenvalue weighted by Crippen LogP contribution is -2.10. The van der Waals surface area contributed by atoms with Crippen LogP contribution in [0.25, 0.3) is 0 Å². The fourth-order valence-electron chi connectivity index (χ4n) is 1.33. The van der Waals surface area contributed by atoms with Crippen LogP contribution >= 0.6 is 0 Å². The number of nitrogens with two attached hydrogens (primary N) is 1. The Labute approximate surface area is 87.0 Å². The van der Waals surface area contributed by atoms with Gasteiger partial charge in [0.1, 0.15) is 0 Å². The summed E-state index contributed by atoms with van der Waals surface area (Å²) in [6.07, 6.45) is 1.08. The summed E-state index contributed by atoms with van der Waals surface area (Å²) in [7, 11) is 0. The van der Waals surface area contributed by atoms with E-state index in [1.165, 1.54) is 12.1 Å². The zero-order valence-corrected chi connectivity index (χ0v) is 8.28. The molecule has 0 amide bonds. The summed E-state index contributed by atoms with van der Waals surface area (Å²) in [4.78, 5) is 22.4. The third kappa shape index (κ3) is 1.88. The molecular weight excluding hydrogens is 194 g/mol. The van der Waals surface area contributed by atoms with Gasteiger partial charge < -0.3 is 10.8 Å². The first-order chi connectivity index (χ1) is 6.99. The molecule has 0 saturated heterocycles. The molecule has 0 aliphatic carbocycles. The second kappa shape index (κ2) is 3.96. The molecule has 0 spiro atoms. The smallest absolute Gasteiger partial charge is 0.336 e. The Balaban J connectivity index is 3.55. The van der Waals surface area contributed by atoms with E-state index in [4.69, 9.17) is 10.8 Å². The molecule has 4 nitrogen and oxygen atoms in total. The molecule has 0 atom stereocenters. The highest BCUT2D eigenvalue weighted by atomic mass is 16.4. The number of aromatic carboxylic acids is 1. The molecule has 0 saturated carbocycles. The Morgan fingerprint density at radius 3 is 2.53 bits per heavy atom. The van der Waals surface area contributed by atoms with Crippen molar-refractivity contribution in [3.8, 4) is 0 Å². The number of allylic oxidation sites excluding steroid dienone is 1. The SMILES string of the molecule is C=CC(=O)c1c(C(=O)O)ccc(N)c1C. The van der Waals surface area contributed by atoms with Gasteiger partial charge in [-0.3, -0.25) is 4.79 Å². The summed E-state index contributed by atoms with van der Waals surface area (Å²) in [5, 5.41) is 8.90. The van der Waals surface area contributed by atoms with Crippen molar-refractivity contribution in [1.82, 2.24) is 0 Å². The molecule has 3 N–H and O–H groups in total. The Bertz CT molecular complexity index is 449. The van der Waals surface area contributed by atoms with Gasteiger partial charge in [-0.1, -0.05) is 6.58 Å². The normalized spacial score (nSPS) is 9.67. The van der Waals surface area contributed by atoms with Crippen molar-refractivity contribution in [2.45, 2.75) is 6.92 Å².